The Bertz CT molecular complexity index is 480. The molecule has 0 N–H and O–H groups in total. The van der Waals surface area contributed by atoms with Crippen molar-refractivity contribution >= 4 is 11.5 Å². The van der Waals surface area contributed by atoms with Gasteiger partial charge in [-0.3, -0.25) is 0 Å². The smallest absolute Gasteiger partial charge is 0.347 e. The van der Waals surface area contributed by atoms with Crippen LogP contribution in [0.4, 0.5) is 10.2 Å². The minimum atomic E-state index is -0.612. The van der Waals surface area contributed by atoms with Gasteiger partial charge in [0.15, 0.2) is 5.82 Å². The zero-order valence-electron chi connectivity index (χ0n) is 6.35. The molecule has 0 amide bonds. The van der Waals surface area contributed by atoms with Crippen LogP contribution in [0.5, 0.6) is 0 Å². The van der Waals surface area contributed by atoms with Crippen LogP contribution in [0.2, 0.25) is 0 Å². The topological polar surface area (TPSA) is 60.4 Å². The lowest BCUT2D eigenvalue weighted by Crippen LogP contribution is -1.94. The number of rotatable bonds is 1. The summed E-state index contributed by atoms with van der Waals surface area (Å²) in [5.41, 5.74) is -0.0331. The summed E-state index contributed by atoms with van der Waals surface area (Å²) < 4.78 is 14.0. The third kappa shape index (κ3) is 1.03. The molecule has 6 heteroatoms. The highest BCUT2D eigenvalue weighted by Gasteiger charge is 2.15. The summed E-state index contributed by atoms with van der Waals surface area (Å²) in [6, 6.07) is 2.59. The predicted molar refractivity (Wildman–Crippen MR) is 41.8 cm³/mol. The van der Waals surface area contributed by atoms with Gasteiger partial charge in [-0.25, -0.2) is 9.37 Å². The Hall–Kier alpha value is -1.98. The molecule has 0 aliphatic rings. The zero-order chi connectivity index (χ0) is 9.42. The first-order chi connectivity index (χ1) is 6.20. The van der Waals surface area contributed by atoms with Crippen molar-refractivity contribution < 1.29 is 9.31 Å². The number of aromatic nitrogens is 2. The minimum absolute atomic E-state index is 0.0331. The summed E-state index contributed by atoms with van der Waals surface area (Å²) in [6.45, 7) is 0. The van der Waals surface area contributed by atoms with Gasteiger partial charge in [0.2, 0.25) is 0 Å². The van der Waals surface area contributed by atoms with E-state index in [0.717, 1.165) is 10.6 Å². The van der Waals surface area contributed by atoms with Crippen molar-refractivity contribution in [3.63, 3.8) is 0 Å². The number of hydrogen-bond acceptors (Lipinski definition) is 3. The molecule has 0 aliphatic heterocycles. The summed E-state index contributed by atoms with van der Waals surface area (Å²) in [6.07, 6.45) is 2.42. The normalized spacial score (nSPS) is 10.5. The van der Waals surface area contributed by atoms with Gasteiger partial charge in [0, 0.05) is 0 Å². The molecular formula is C7H4FN3O2. The fraction of sp³-hybridized carbons (Fsp3) is 0. The van der Waals surface area contributed by atoms with Gasteiger partial charge in [0.25, 0.3) is 5.65 Å². The first-order valence-corrected chi connectivity index (χ1v) is 3.46. The van der Waals surface area contributed by atoms with Crippen LogP contribution < -0.4 is 0 Å². The van der Waals surface area contributed by atoms with Crippen molar-refractivity contribution in [3.05, 3.63) is 40.5 Å². The second kappa shape index (κ2) is 2.51. The number of nitrogens with zero attached hydrogens (tertiary/aromatic N) is 3. The van der Waals surface area contributed by atoms with Crippen LogP contribution in [-0.2, 0) is 0 Å². The average molecular weight is 181 g/mol. The molecule has 0 saturated carbocycles. The van der Waals surface area contributed by atoms with E-state index in [1.54, 1.807) is 0 Å². The Balaban J connectivity index is 2.83. The maximum Gasteiger partial charge on any atom is 0.347 e. The molecule has 0 fully saturated rings. The van der Waals surface area contributed by atoms with E-state index < -0.39 is 10.7 Å². The Morgan fingerprint density at radius 3 is 3.08 bits per heavy atom. The lowest BCUT2D eigenvalue weighted by atomic mass is 10.4. The molecule has 66 valence electrons. The van der Waals surface area contributed by atoms with Gasteiger partial charge >= 0.3 is 5.82 Å². The molecule has 2 aromatic rings. The van der Waals surface area contributed by atoms with Crippen LogP contribution in [0.1, 0.15) is 0 Å². The molecule has 2 heterocycles. The lowest BCUT2D eigenvalue weighted by molar-refractivity contribution is -0.390. The van der Waals surface area contributed by atoms with E-state index in [1.807, 2.05) is 0 Å². The summed E-state index contributed by atoms with van der Waals surface area (Å²) >= 11 is 0. The Kier molecular flexibility index (Phi) is 1.48. The van der Waals surface area contributed by atoms with Gasteiger partial charge in [0.1, 0.15) is 6.20 Å². The Morgan fingerprint density at radius 2 is 2.38 bits per heavy atom. The third-order valence-corrected chi connectivity index (χ3v) is 1.66. The van der Waals surface area contributed by atoms with Crippen molar-refractivity contribution in [2.24, 2.45) is 0 Å². The number of pyridine rings is 1. The average Bonchev–Trinajstić information content (AvgIpc) is 2.48. The van der Waals surface area contributed by atoms with E-state index in [0.29, 0.717) is 0 Å². The fourth-order valence-electron chi connectivity index (χ4n) is 1.10. The number of fused-ring (bicyclic) bond motifs is 1. The van der Waals surface area contributed by atoms with Gasteiger partial charge in [-0.2, -0.15) is 4.40 Å². The zero-order valence-corrected chi connectivity index (χ0v) is 6.35. The van der Waals surface area contributed by atoms with E-state index in [4.69, 9.17) is 0 Å². The molecule has 0 aromatic carbocycles. The number of hydrogen-bond donors (Lipinski definition) is 0. The van der Waals surface area contributed by atoms with E-state index >= 15 is 0 Å². The summed E-state index contributed by atoms with van der Waals surface area (Å²) in [5.74, 6) is -0.815. The molecular weight excluding hydrogens is 177 g/mol. The Morgan fingerprint density at radius 1 is 1.62 bits per heavy atom. The van der Waals surface area contributed by atoms with E-state index in [-0.39, 0.29) is 11.5 Å². The van der Waals surface area contributed by atoms with E-state index in [1.165, 1.54) is 18.3 Å². The van der Waals surface area contributed by atoms with Crippen molar-refractivity contribution in [2.75, 3.05) is 0 Å². The number of halogens is 1. The quantitative estimate of drug-likeness (QED) is 0.493. The minimum Gasteiger partial charge on any atom is -0.358 e. The molecule has 0 aliphatic carbocycles. The Labute approximate surface area is 71.6 Å². The summed E-state index contributed by atoms with van der Waals surface area (Å²) in [7, 11) is 0. The summed E-state index contributed by atoms with van der Waals surface area (Å²) in [5, 5.41) is 10.4. The van der Waals surface area contributed by atoms with Crippen molar-refractivity contribution in [2.45, 2.75) is 0 Å². The monoisotopic (exact) mass is 181 g/mol. The number of imidazole rings is 1. The van der Waals surface area contributed by atoms with Gasteiger partial charge in [-0.15, -0.1) is 0 Å². The van der Waals surface area contributed by atoms with E-state index in [2.05, 4.69) is 4.98 Å². The highest BCUT2D eigenvalue weighted by molar-refractivity contribution is 5.45. The van der Waals surface area contributed by atoms with Gasteiger partial charge < -0.3 is 10.1 Å². The second-order valence-electron chi connectivity index (χ2n) is 2.42. The predicted octanol–water partition coefficient (Wildman–Crippen LogP) is 1.38. The van der Waals surface area contributed by atoms with Gasteiger partial charge in [-0.1, -0.05) is 0 Å². The molecule has 13 heavy (non-hydrogen) atoms. The van der Waals surface area contributed by atoms with Crippen molar-refractivity contribution in [1.29, 1.82) is 0 Å². The van der Waals surface area contributed by atoms with Crippen LogP contribution in [-0.4, -0.2) is 14.3 Å². The SMILES string of the molecule is O=[N+]([O-])c1cnc2c(F)cccn12. The highest BCUT2D eigenvalue weighted by atomic mass is 19.1. The van der Waals surface area contributed by atoms with Crippen LogP contribution in [0.25, 0.3) is 5.65 Å². The van der Waals surface area contributed by atoms with Crippen LogP contribution >= 0.6 is 0 Å². The molecule has 0 radical (unpaired) electrons. The fourth-order valence-corrected chi connectivity index (χ4v) is 1.10. The molecule has 2 rings (SSSR count). The van der Waals surface area contributed by atoms with Gasteiger partial charge in [0.05, 0.1) is 6.20 Å². The molecule has 0 atom stereocenters. The highest BCUT2D eigenvalue weighted by Crippen LogP contribution is 2.15. The first kappa shape index (κ1) is 7.66. The molecule has 0 bridgehead atoms. The maximum absolute atomic E-state index is 13.0. The molecule has 0 saturated heterocycles. The van der Waals surface area contributed by atoms with E-state index in [9.17, 15) is 14.5 Å². The molecule has 2 aromatic heterocycles. The van der Waals surface area contributed by atoms with Crippen LogP contribution in [0.15, 0.2) is 24.5 Å². The second-order valence-corrected chi connectivity index (χ2v) is 2.42. The third-order valence-electron chi connectivity index (χ3n) is 1.66. The van der Waals surface area contributed by atoms with Crippen molar-refractivity contribution in [3.8, 4) is 0 Å². The van der Waals surface area contributed by atoms with Crippen molar-refractivity contribution in [1.82, 2.24) is 9.38 Å². The standard InChI is InChI=1S/C7H4FN3O2/c8-5-2-1-3-10-6(11(12)13)4-9-7(5)10/h1-4H. The number of nitro groups is 1. The summed E-state index contributed by atoms with van der Waals surface area (Å²) in [4.78, 5) is 13.4. The molecule has 0 spiro atoms. The van der Waals surface area contributed by atoms with Crippen LogP contribution in [0, 0.1) is 15.9 Å². The van der Waals surface area contributed by atoms with Crippen LogP contribution in [0.3, 0.4) is 0 Å². The lowest BCUT2D eigenvalue weighted by Gasteiger charge is -1.92. The maximum atomic E-state index is 13.0. The first-order valence-electron chi connectivity index (χ1n) is 3.46. The largest absolute Gasteiger partial charge is 0.358 e. The molecule has 0 unspecified atom stereocenters. The molecule has 5 nitrogen and oxygen atoms in total. The van der Waals surface area contributed by atoms with Gasteiger partial charge in [-0.05, 0) is 17.1 Å².